The number of ether oxygens (including phenoxy) is 4. The van der Waals surface area contributed by atoms with E-state index >= 15 is 0 Å². The Bertz CT molecular complexity index is 770. The first-order valence-electron chi connectivity index (χ1n) is 12.3. The lowest BCUT2D eigenvalue weighted by Crippen LogP contribution is -2.57. The molecule has 2 aliphatic carbocycles. The Balaban J connectivity index is 1.20. The summed E-state index contributed by atoms with van der Waals surface area (Å²) in [6, 6.07) is 0.227. The van der Waals surface area contributed by atoms with Crippen LogP contribution in [0, 0.1) is 11.3 Å². The molecule has 7 nitrogen and oxygen atoms in total. The molecule has 32 heavy (non-hydrogen) atoms. The maximum absolute atomic E-state index is 12.8. The van der Waals surface area contributed by atoms with E-state index in [2.05, 4.69) is 44.1 Å². The highest BCUT2D eigenvalue weighted by Crippen LogP contribution is 2.59. The zero-order chi connectivity index (χ0) is 22.7. The number of carbonyl (C=O) groups is 1. The average Bonchev–Trinajstić information content (AvgIpc) is 3.58. The van der Waals surface area contributed by atoms with Crippen molar-refractivity contribution >= 4 is 6.09 Å². The van der Waals surface area contributed by atoms with E-state index in [1.54, 1.807) is 7.11 Å². The fourth-order valence-electron chi connectivity index (χ4n) is 6.99. The van der Waals surface area contributed by atoms with Gasteiger partial charge in [0, 0.05) is 19.7 Å². The molecule has 0 aromatic rings. The van der Waals surface area contributed by atoms with Gasteiger partial charge in [-0.2, -0.15) is 0 Å². The van der Waals surface area contributed by atoms with Crippen molar-refractivity contribution < 1.29 is 23.7 Å². The van der Waals surface area contributed by atoms with E-state index in [0.29, 0.717) is 5.41 Å². The number of methoxy groups -OCH3 is 1. The number of hydrogen-bond donors (Lipinski definition) is 1. The molecule has 0 bridgehead atoms. The molecular formula is C25H40N2O5. The lowest BCUT2D eigenvalue weighted by atomic mass is 9.65. The highest BCUT2D eigenvalue weighted by atomic mass is 16.6. The van der Waals surface area contributed by atoms with Gasteiger partial charge >= 0.3 is 6.09 Å². The Morgan fingerprint density at radius 3 is 2.62 bits per heavy atom. The van der Waals surface area contributed by atoms with Crippen molar-refractivity contribution in [3.63, 3.8) is 0 Å². The van der Waals surface area contributed by atoms with Crippen molar-refractivity contribution in [3.05, 3.63) is 11.6 Å². The second-order valence-corrected chi connectivity index (χ2v) is 11.6. The quantitative estimate of drug-likeness (QED) is 0.497. The molecule has 0 radical (unpaired) electrons. The third kappa shape index (κ3) is 3.99. The number of allylic oxidation sites excluding steroid dienone is 1. The summed E-state index contributed by atoms with van der Waals surface area (Å²) in [6.07, 6.45) is 7.46. The number of likely N-dealkylation sites (tertiary alicyclic amines) is 1. The second-order valence-electron chi connectivity index (χ2n) is 11.6. The van der Waals surface area contributed by atoms with Gasteiger partial charge in [0.05, 0.1) is 18.6 Å². The van der Waals surface area contributed by atoms with E-state index < -0.39 is 0 Å². The second kappa shape index (κ2) is 7.97. The normalized spacial score (nSPS) is 47.2. The predicted molar refractivity (Wildman–Crippen MR) is 121 cm³/mol. The van der Waals surface area contributed by atoms with E-state index in [0.717, 1.165) is 51.8 Å². The third-order valence-corrected chi connectivity index (χ3v) is 8.81. The van der Waals surface area contributed by atoms with Crippen LogP contribution >= 0.6 is 0 Å². The highest BCUT2D eigenvalue weighted by Gasteiger charge is 2.72. The number of nitrogens with one attached hydrogen (secondary N) is 1. The topological polar surface area (TPSA) is 75.9 Å². The molecule has 180 valence electrons. The van der Waals surface area contributed by atoms with E-state index in [4.69, 9.17) is 18.9 Å². The molecule has 1 N–H and O–H groups in total. The van der Waals surface area contributed by atoms with Crippen molar-refractivity contribution in [3.8, 4) is 0 Å². The maximum Gasteiger partial charge on any atom is 0.407 e. The summed E-state index contributed by atoms with van der Waals surface area (Å²) in [5.74, 6) is 0.0584. The molecule has 1 unspecified atom stereocenters. The van der Waals surface area contributed by atoms with Crippen LogP contribution in [0.1, 0.15) is 59.3 Å². The number of hydrogen-bond acceptors (Lipinski definition) is 6. The monoisotopic (exact) mass is 448 g/mol. The Kier molecular flexibility index (Phi) is 5.63. The molecule has 5 rings (SSSR count). The number of epoxide rings is 2. The molecule has 3 aliphatic heterocycles. The lowest BCUT2D eigenvalue weighted by molar-refractivity contribution is -0.118. The summed E-state index contributed by atoms with van der Waals surface area (Å²) in [5.41, 5.74) is 1.20. The SMILES string of the molecule is CO[C@H]1C([C@@]2(C)O[C@@H]2CC=C(C)C)[C@]2(CC[C@H]1OC(=O)NC1CC3(CCN(C)C3)C1)CO2. The largest absolute Gasteiger partial charge is 0.443 e. The fourth-order valence-corrected chi connectivity index (χ4v) is 6.99. The molecule has 3 heterocycles. The minimum Gasteiger partial charge on any atom is -0.443 e. The van der Waals surface area contributed by atoms with E-state index in [9.17, 15) is 4.79 Å². The van der Waals surface area contributed by atoms with Gasteiger partial charge in [-0.1, -0.05) is 11.6 Å². The van der Waals surface area contributed by atoms with Crippen LogP contribution in [0.25, 0.3) is 0 Å². The van der Waals surface area contributed by atoms with Crippen molar-refractivity contribution in [2.24, 2.45) is 11.3 Å². The van der Waals surface area contributed by atoms with Crippen molar-refractivity contribution in [1.29, 1.82) is 0 Å². The van der Waals surface area contributed by atoms with Crippen LogP contribution in [0.4, 0.5) is 4.79 Å². The summed E-state index contributed by atoms with van der Waals surface area (Å²) >= 11 is 0. The van der Waals surface area contributed by atoms with Crippen LogP contribution in [0.3, 0.4) is 0 Å². The van der Waals surface area contributed by atoms with Crippen molar-refractivity contribution in [1.82, 2.24) is 10.2 Å². The number of rotatable bonds is 6. The van der Waals surface area contributed by atoms with Crippen LogP contribution in [0.5, 0.6) is 0 Å². The summed E-state index contributed by atoms with van der Waals surface area (Å²) in [5, 5.41) is 3.12. The van der Waals surface area contributed by atoms with Crippen LogP contribution in [-0.4, -0.2) is 80.4 Å². The van der Waals surface area contributed by atoms with Gasteiger partial charge in [0.2, 0.25) is 0 Å². The van der Waals surface area contributed by atoms with Gasteiger partial charge in [-0.15, -0.1) is 0 Å². The molecule has 2 saturated carbocycles. The van der Waals surface area contributed by atoms with E-state index in [1.165, 1.54) is 12.0 Å². The lowest BCUT2D eigenvalue weighted by Gasteiger charge is -2.46. The van der Waals surface area contributed by atoms with Gasteiger partial charge < -0.3 is 29.2 Å². The number of nitrogens with zero attached hydrogens (tertiary/aromatic N) is 1. The predicted octanol–water partition coefficient (Wildman–Crippen LogP) is 3.27. The highest BCUT2D eigenvalue weighted by molar-refractivity contribution is 5.68. The molecule has 1 amide bonds. The molecule has 0 aromatic carbocycles. The van der Waals surface area contributed by atoms with Crippen LogP contribution in [-0.2, 0) is 18.9 Å². The molecule has 3 saturated heterocycles. The first-order chi connectivity index (χ1) is 15.2. The van der Waals surface area contributed by atoms with Gasteiger partial charge in [-0.05, 0) is 78.3 Å². The molecule has 6 atom stereocenters. The van der Waals surface area contributed by atoms with Crippen LogP contribution in [0.15, 0.2) is 11.6 Å². The van der Waals surface area contributed by atoms with Crippen molar-refractivity contribution in [2.75, 3.05) is 33.9 Å². The first-order valence-corrected chi connectivity index (χ1v) is 12.3. The zero-order valence-corrected chi connectivity index (χ0v) is 20.3. The summed E-state index contributed by atoms with van der Waals surface area (Å²) < 4.78 is 24.2. The van der Waals surface area contributed by atoms with Gasteiger partial charge in [0.25, 0.3) is 0 Å². The van der Waals surface area contributed by atoms with Gasteiger partial charge in [-0.25, -0.2) is 4.79 Å². The Labute approximate surface area is 192 Å². The molecule has 7 heteroatoms. The minimum atomic E-state index is -0.309. The van der Waals surface area contributed by atoms with E-state index in [1.807, 2.05) is 0 Å². The summed E-state index contributed by atoms with van der Waals surface area (Å²) in [7, 11) is 3.90. The van der Waals surface area contributed by atoms with E-state index in [-0.39, 0.29) is 47.6 Å². The Morgan fingerprint density at radius 2 is 2.03 bits per heavy atom. The summed E-state index contributed by atoms with van der Waals surface area (Å²) in [6.45, 7) is 9.44. The number of carbonyl (C=O) groups excluding carboxylic acids is 1. The molecule has 2 spiro atoms. The van der Waals surface area contributed by atoms with Gasteiger partial charge in [0.1, 0.15) is 23.4 Å². The Hall–Kier alpha value is -1.15. The third-order valence-electron chi connectivity index (χ3n) is 8.81. The van der Waals surface area contributed by atoms with Crippen LogP contribution in [0.2, 0.25) is 0 Å². The number of alkyl carbamates (subject to hydrolysis) is 1. The standard InChI is InChI=1S/C25H40N2O5/c1-16(2)6-7-19-23(3,32-19)21-20(29-5)18(8-9-25(21)15-30-25)31-22(28)26-17-12-24(13-17)10-11-27(4)14-24/h6,17-21H,7-15H2,1-5H3,(H,26,28)/t17?,18-,19-,20-,21?,23+,24?,25+/m1/s1. The van der Waals surface area contributed by atoms with Crippen LogP contribution < -0.4 is 5.32 Å². The minimum absolute atomic E-state index is 0.0584. The number of amides is 1. The summed E-state index contributed by atoms with van der Waals surface area (Å²) in [4.78, 5) is 15.2. The zero-order valence-electron chi connectivity index (χ0n) is 20.3. The molecule has 5 aliphatic rings. The fraction of sp³-hybridized carbons (Fsp3) is 0.880. The van der Waals surface area contributed by atoms with Gasteiger partial charge in [0.15, 0.2) is 0 Å². The molecule has 0 aromatic heterocycles. The smallest absolute Gasteiger partial charge is 0.407 e. The average molecular weight is 449 g/mol. The van der Waals surface area contributed by atoms with Crippen molar-refractivity contribution in [2.45, 2.75) is 94.9 Å². The maximum atomic E-state index is 12.8. The molecular weight excluding hydrogens is 408 g/mol. The van der Waals surface area contributed by atoms with Gasteiger partial charge in [-0.3, -0.25) is 0 Å². The Morgan fingerprint density at radius 1 is 1.28 bits per heavy atom. The first kappa shape index (κ1) is 22.6. The molecule has 5 fully saturated rings.